The minimum Gasteiger partial charge on any atom is -0.347 e. The first-order valence-electron chi connectivity index (χ1n) is 7.00. The standard InChI is InChI=1S/C14H16N2O3S2/c17-12-8-21-14(19)16(12)10-5-2-1-4-9(10)15-13(18)11-6-3-7-20-11/h3,6-7,9-10H,1-2,4-5,8H2,(H,15,18)/t9-,10+/m1/s1. The summed E-state index contributed by atoms with van der Waals surface area (Å²) < 4.78 is 0. The fourth-order valence-electron chi connectivity index (χ4n) is 2.92. The van der Waals surface area contributed by atoms with E-state index in [2.05, 4.69) is 5.32 Å². The van der Waals surface area contributed by atoms with E-state index in [0.717, 1.165) is 37.4 Å². The van der Waals surface area contributed by atoms with Crippen molar-refractivity contribution in [1.29, 1.82) is 0 Å². The van der Waals surface area contributed by atoms with Crippen LogP contribution in [-0.4, -0.2) is 39.8 Å². The van der Waals surface area contributed by atoms with Crippen LogP contribution in [0.5, 0.6) is 0 Å². The van der Waals surface area contributed by atoms with Gasteiger partial charge in [-0.1, -0.05) is 30.7 Å². The first kappa shape index (κ1) is 14.6. The maximum atomic E-state index is 12.2. The van der Waals surface area contributed by atoms with E-state index in [1.807, 2.05) is 11.4 Å². The zero-order valence-electron chi connectivity index (χ0n) is 11.4. The normalized spacial score (nSPS) is 26.2. The molecule has 1 saturated carbocycles. The molecule has 0 aromatic carbocycles. The Kier molecular flexibility index (Phi) is 4.30. The number of amides is 3. The Morgan fingerprint density at radius 3 is 2.76 bits per heavy atom. The average molecular weight is 324 g/mol. The van der Waals surface area contributed by atoms with Crippen LogP contribution in [0.4, 0.5) is 4.79 Å². The number of rotatable bonds is 3. The highest BCUT2D eigenvalue weighted by molar-refractivity contribution is 8.14. The topological polar surface area (TPSA) is 66.5 Å². The molecule has 1 aromatic rings. The molecule has 2 atom stereocenters. The number of imide groups is 1. The second kappa shape index (κ2) is 6.19. The maximum absolute atomic E-state index is 12.2. The fourth-order valence-corrected chi connectivity index (χ4v) is 4.31. The molecule has 2 fully saturated rings. The lowest BCUT2D eigenvalue weighted by molar-refractivity contribution is -0.127. The number of hydrogen-bond acceptors (Lipinski definition) is 5. The van der Waals surface area contributed by atoms with Crippen molar-refractivity contribution >= 4 is 40.2 Å². The van der Waals surface area contributed by atoms with E-state index in [1.54, 1.807) is 6.07 Å². The van der Waals surface area contributed by atoms with Crippen LogP contribution in [0.25, 0.3) is 0 Å². The van der Waals surface area contributed by atoms with Crippen molar-refractivity contribution in [1.82, 2.24) is 10.2 Å². The van der Waals surface area contributed by atoms with Crippen molar-refractivity contribution in [3.05, 3.63) is 22.4 Å². The molecule has 5 nitrogen and oxygen atoms in total. The van der Waals surface area contributed by atoms with Gasteiger partial charge in [0.2, 0.25) is 5.91 Å². The minimum absolute atomic E-state index is 0.117. The molecule has 1 N–H and O–H groups in total. The van der Waals surface area contributed by atoms with Crippen LogP contribution >= 0.6 is 23.1 Å². The van der Waals surface area contributed by atoms with Gasteiger partial charge < -0.3 is 5.32 Å². The Morgan fingerprint density at radius 1 is 1.29 bits per heavy atom. The Bertz CT molecular complexity index is 543. The molecule has 3 rings (SSSR count). The smallest absolute Gasteiger partial charge is 0.289 e. The lowest BCUT2D eigenvalue weighted by Gasteiger charge is -2.36. The molecule has 1 saturated heterocycles. The molecule has 0 spiro atoms. The molecule has 0 bridgehead atoms. The quantitative estimate of drug-likeness (QED) is 0.927. The number of nitrogens with one attached hydrogen (secondary N) is 1. The third kappa shape index (κ3) is 2.98. The highest BCUT2D eigenvalue weighted by atomic mass is 32.2. The highest BCUT2D eigenvalue weighted by Gasteiger charge is 2.41. The van der Waals surface area contributed by atoms with Crippen LogP contribution in [0, 0.1) is 0 Å². The third-order valence-electron chi connectivity index (χ3n) is 3.91. The summed E-state index contributed by atoms with van der Waals surface area (Å²) in [7, 11) is 0. The number of carbonyl (C=O) groups excluding carboxylic acids is 3. The molecule has 2 heterocycles. The van der Waals surface area contributed by atoms with Crippen LogP contribution in [0.15, 0.2) is 17.5 Å². The van der Waals surface area contributed by atoms with Gasteiger partial charge in [0.15, 0.2) is 0 Å². The first-order chi connectivity index (χ1) is 10.2. The summed E-state index contributed by atoms with van der Waals surface area (Å²) >= 11 is 2.44. The largest absolute Gasteiger partial charge is 0.347 e. The Morgan fingerprint density at radius 2 is 2.10 bits per heavy atom. The van der Waals surface area contributed by atoms with Crippen LogP contribution in [0.3, 0.4) is 0 Å². The van der Waals surface area contributed by atoms with E-state index >= 15 is 0 Å². The Labute approximate surface area is 131 Å². The van der Waals surface area contributed by atoms with Crippen molar-refractivity contribution in [3.63, 3.8) is 0 Å². The molecule has 112 valence electrons. The second-order valence-corrected chi connectivity index (χ2v) is 7.10. The monoisotopic (exact) mass is 324 g/mol. The summed E-state index contributed by atoms with van der Waals surface area (Å²) in [6.07, 6.45) is 3.57. The molecule has 2 aliphatic rings. The molecule has 21 heavy (non-hydrogen) atoms. The van der Waals surface area contributed by atoms with Gasteiger partial charge in [0.05, 0.1) is 22.7 Å². The van der Waals surface area contributed by atoms with Crippen LogP contribution in [0.1, 0.15) is 35.4 Å². The van der Waals surface area contributed by atoms with Gasteiger partial charge in [-0.2, -0.15) is 0 Å². The van der Waals surface area contributed by atoms with Gasteiger partial charge in [-0.3, -0.25) is 19.3 Å². The number of thioether (sulfide) groups is 1. The van der Waals surface area contributed by atoms with Crippen LogP contribution < -0.4 is 5.32 Å². The Balaban J connectivity index is 1.74. The van der Waals surface area contributed by atoms with Gasteiger partial charge in [-0.25, -0.2) is 0 Å². The van der Waals surface area contributed by atoms with Crippen molar-refractivity contribution in [3.8, 4) is 0 Å². The van der Waals surface area contributed by atoms with Crippen LogP contribution in [0.2, 0.25) is 0 Å². The molecular weight excluding hydrogens is 308 g/mol. The molecular formula is C14H16N2O3S2. The van der Waals surface area contributed by atoms with Gasteiger partial charge in [0.25, 0.3) is 11.1 Å². The zero-order valence-corrected chi connectivity index (χ0v) is 13.0. The number of carbonyl (C=O) groups is 3. The first-order valence-corrected chi connectivity index (χ1v) is 8.86. The van der Waals surface area contributed by atoms with Crippen molar-refractivity contribution in [2.24, 2.45) is 0 Å². The molecule has 1 aliphatic carbocycles. The van der Waals surface area contributed by atoms with E-state index in [9.17, 15) is 14.4 Å². The van der Waals surface area contributed by atoms with Crippen molar-refractivity contribution in [2.45, 2.75) is 37.8 Å². The fraction of sp³-hybridized carbons (Fsp3) is 0.500. The van der Waals surface area contributed by atoms with E-state index in [-0.39, 0.29) is 34.9 Å². The molecule has 1 aromatic heterocycles. The maximum Gasteiger partial charge on any atom is 0.289 e. The van der Waals surface area contributed by atoms with Gasteiger partial charge in [0, 0.05) is 0 Å². The molecule has 7 heteroatoms. The number of thiophene rings is 1. The predicted molar refractivity (Wildman–Crippen MR) is 82.5 cm³/mol. The molecule has 0 unspecified atom stereocenters. The van der Waals surface area contributed by atoms with E-state index in [4.69, 9.17) is 0 Å². The van der Waals surface area contributed by atoms with Gasteiger partial charge in [0.1, 0.15) is 0 Å². The predicted octanol–water partition coefficient (Wildman–Crippen LogP) is 2.48. The summed E-state index contributed by atoms with van der Waals surface area (Å²) in [6.45, 7) is 0. The number of nitrogens with zero attached hydrogens (tertiary/aromatic N) is 1. The van der Waals surface area contributed by atoms with Crippen molar-refractivity contribution < 1.29 is 14.4 Å². The summed E-state index contributed by atoms with van der Waals surface area (Å²) in [5.41, 5.74) is 0. The van der Waals surface area contributed by atoms with Gasteiger partial charge in [-0.05, 0) is 24.3 Å². The van der Waals surface area contributed by atoms with Gasteiger partial charge in [-0.15, -0.1) is 11.3 Å². The van der Waals surface area contributed by atoms with Crippen molar-refractivity contribution in [2.75, 3.05) is 5.75 Å². The average Bonchev–Trinajstić information content (AvgIpc) is 3.11. The zero-order chi connectivity index (χ0) is 14.8. The highest BCUT2D eigenvalue weighted by Crippen LogP contribution is 2.30. The Hall–Kier alpha value is -1.34. The summed E-state index contributed by atoms with van der Waals surface area (Å²) in [4.78, 5) is 38.0. The lowest BCUT2D eigenvalue weighted by Crippen LogP contribution is -2.54. The lowest BCUT2D eigenvalue weighted by atomic mass is 9.89. The molecule has 1 aliphatic heterocycles. The van der Waals surface area contributed by atoms with Gasteiger partial charge >= 0.3 is 0 Å². The summed E-state index contributed by atoms with van der Waals surface area (Å²) in [6, 6.07) is 3.28. The minimum atomic E-state index is -0.197. The number of hydrogen-bond donors (Lipinski definition) is 1. The molecule has 0 radical (unpaired) electrons. The summed E-state index contributed by atoms with van der Waals surface area (Å²) in [5, 5.41) is 4.69. The van der Waals surface area contributed by atoms with Crippen LogP contribution in [-0.2, 0) is 4.79 Å². The second-order valence-electron chi connectivity index (χ2n) is 5.23. The SMILES string of the molecule is O=C(N[C@@H]1CCCC[C@@H]1N1C(=O)CSC1=O)c1cccs1. The molecule has 3 amide bonds. The van der Waals surface area contributed by atoms with E-state index in [1.165, 1.54) is 16.2 Å². The van der Waals surface area contributed by atoms with E-state index < -0.39 is 0 Å². The summed E-state index contributed by atoms with van der Waals surface area (Å²) in [5.74, 6) is -0.0260. The third-order valence-corrected chi connectivity index (χ3v) is 5.61. The van der Waals surface area contributed by atoms with E-state index in [0.29, 0.717) is 4.88 Å².